The van der Waals surface area contributed by atoms with Crippen LogP contribution in [0, 0.1) is 0 Å². The van der Waals surface area contributed by atoms with Crippen LogP contribution in [0.3, 0.4) is 0 Å². The first-order valence-corrected chi connectivity index (χ1v) is 14.4. The number of aryl methyl sites for hydroxylation is 1. The average Bonchev–Trinajstić information content (AvgIpc) is 2.99. The van der Waals surface area contributed by atoms with Gasteiger partial charge in [0.2, 0.25) is 0 Å². The topological polar surface area (TPSA) is 116 Å². The highest BCUT2D eigenvalue weighted by Crippen LogP contribution is 2.24. The highest BCUT2D eigenvalue weighted by atomic mass is 16.5. The molecule has 4 rings (SSSR count). The van der Waals surface area contributed by atoms with Crippen molar-refractivity contribution in [1.29, 1.82) is 0 Å². The Hall–Kier alpha value is -4.84. The number of carbonyl (C=O) groups is 2. The van der Waals surface area contributed by atoms with Crippen LogP contribution in [-0.2, 0) is 12.8 Å². The number of carboxylic acid groups (broad SMARTS) is 1. The SMILES string of the molecule is CCCc1ccc(-c2ccc(C(=O)C=Cc3ccc(OCCCCCc4c(N)cc(N)cc4C(=O)O)cc3)cc2)cc1. The van der Waals surface area contributed by atoms with Gasteiger partial charge >= 0.3 is 5.97 Å². The van der Waals surface area contributed by atoms with Crippen LogP contribution in [0.4, 0.5) is 11.4 Å². The predicted molar refractivity (Wildman–Crippen MR) is 171 cm³/mol. The van der Waals surface area contributed by atoms with Gasteiger partial charge in [-0.05, 0) is 90.3 Å². The number of ether oxygens (including phenoxy) is 1. The first-order valence-electron chi connectivity index (χ1n) is 14.4. The summed E-state index contributed by atoms with van der Waals surface area (Å²) in [5.74, 6) is -0.308. The molecule has 0 unspecified atom stereocenters. The Balaban J connectivity index is 1.21. The number of hydrogen-bond acceptors (Lipinski definition) is 5. The normalized spacial score (nSPS) is 11.1. The molecule has 0 radical (unpaired) electrons. The Morgan fingerprint density at radius 2 is 1.48 bits per heavy atom. The lowest BCUT2D eigenvalue weighted by atomic mass is 9.98. The van der Waals surface area contributed by atoms with Crippen LogP contribution < -0.4 is 16.2 Å². The second kappa shape index (κ2) is 14.7. The lowest BCUT2D eigenvalue weighted by Gasteiger charge is -2.11. The van der Waals surface area contributed by atoms with E-state index in [1.807, 2.05) is 48.5 Å². The third-order valence-corrected chi connectivity index (χ3v) is 7.18. The van der Waals surface area contributed by atoms with Crippen molar-refractivity contribution in [1.82, 2.24) is 0 Å². The number of benzene rings is 4. The van der Waals surface area contributed by atoms with E-state index in [2.05, 4.69) is 31.2 Å². The minimum Gasteiger partial charge on any atom is -0.494 e. The van der Waals surface area contributed by atoms with E-state index in [1.165, 1.54) is 11.6 Å². The standard InChI is InChI=1S/C36H38N2O4/c1-2-6-25-8-13-27(14-9-25)28-15-17-29(18-16-28)35(39)21-12-26-10-19-31(20-11-26)42-22-5-3-4-7-32-33(36(40)41)23-30(37)24-34(32)38/h8-21,23-24H,2-7,22,37-38H2,1H3,(H,40,41). The van der Waals surface area contributed by atoms with Crippen molar-refractivity contribution >= 4 is 29.2 Å². The maximum absolute atomic E-state index is 12.7. The van der Waals surface area contributed by atoms with E-state index in [0.717, 1.165) is 54.5 Å². The van der Waals surface area contributed by atoms with Crippen molar-refractivity contribution in [3.8, 4) is 16.9 Å². The average molecular weight is 563 g/mol. The van der Waals surface area contributed by atoms with E-state index >= 15 is 0 Å². The van der Waals surface area contributed by atoms with Gasteiger partial charge in [-0.3, -0.25) is 4.79 Å². The van der Waals surface area contributed by atoms with Gasteiger partial charge in [-0.25, -0.2) is 4.79 Å². The van der Waals surface area contributed by atoms with Gasteiger partial charge in [-0.1, -0.05) is 80.1 Å². The van der Waals surface area contributed by atoms with E-state index < -0.39 is 5.97 Å². The van der Waals surface area contributed by atoms with Crippen molar-refractivity contribution in [3.05, 3.63) is 119 Å². The molecule has 0 aliphatic carbocycles. The zero-order valence-electron chi connectivity index (χ0n) is 24.0. The van der Waals surface area contributed by atoms with Gasteiger partial charge in [-0.15, -0.1) is 0 Å². The summed E-state index contributed by atoms with van der Waals surface area (Å²) in [6.07, 6.45) is 8.68. The van der Waals surface area contributed by atoms with E-state index in [9.17, 15) is 14.7 Å². The van der Waals surface area contributed by atoms with Gasteiger partial charge in [0.05, 0.1) is 12.2 Å². The lowest BCUT2D eigenvalue weighted by Crippen LogP contribution is -2.08. The fraction of sp³-hybridized carbons (Fsp3) is 0.222. The van der Waals surface area contributed by atoms with Crippen LogP contribution in [0.5, 0.6) is 5.75 Å². The molecule has 0 aliphatic heterocycles. The monoisotopic (exact) mass is 562 g/mol. The molecule has 0 aromatic heterocycles. The Labute approximate surface area is 247 Å². The summed E-state index contributed by atoms with van der Waals surface area (Å²) in [4.78, 5) is 24.2. The zero-order valence-corrected chi connectivity index (χ0v) is 24.0. The number of nitrogen functional groups attached to an aromatic ring is 2. The quantitative estimate of drug-likeness (QED) is 0.0624. The van der Waals surface area contributed by atoms with Gasteiger partial charge < -0.3 is 21.3 Å². The molecule has 5 N–H and O–H groups in total. The highest BCUT2D eigenvalue weighted by Gasteiger charge is 2.14. The highest BCUT2D eigenvalue weighted by molar-refractivity contribution is 6.07. The summed E-state index contributed by atoms with van der Waals surface area (Å²) in [7, 11) is 0. The van der Waals surface area contributed by atoms with Gasteiger partial charge in [0.15, 0.2) is 5.78 Å². The molecule has 4 aromatic rings. The maximum Gasteiger partial charge on any atom is 0.336 e. The molecule has 0 atom stereocenters. The molecule has 42 heavy (non-hydrogen) atoms. The number of aromatic carboxylic acids is 1. The molecule has 0 amide bonds. The Morgan fingerprint density at radius 3 is 2.12 bits per heavy atom. The summed E-state index contributed by atoms with van der Waals surface area (Å²) in [6, 6.07) is 27.0. The number of anilines is 2. The van der Waals surface area contributed by atoms with Crippen molar-refractivity contribution in [3.63, 3.8) is 0 Å². The summed E-state index contributed by atoms with van der Waals surface area (Å²) in [6.45, 7) is 2.73. The number of allylic oxidation sites excluding steroid dienone is 1. The Morgan fingerprint density at radius 1 is 0.810 bits per heavy atom. The summed E-state index contributed by atoms with van der Waals surface area (Å²) in [5, 5.41) is 9.43. The Bertz CT molecular complexity index is 1520. The van der Waals surface area contributed by atoms with Crippen molar-refractivity contribution in [2.45, 2.75) is 45.4 Å². The molecular weight excluding hydrogens is 524 g/mol. The number of nitrogens with two attached hydrogens (primary N) is 2. The molecule has 0 bridgehead atoms. The number of carbonyl (C=O) groups excluding carboxylic acids is 1. The fourth-order valence-electron chi connectivity index (χ4n) is 4.88. The van der Waals surface area contributed by atoms with Crippen LogP contribution in [0.2, 0.25) is 0 Å². The number of rotatable bonds is 14. The van der Waals surface area contributed by atoms with Crippen LogP contribution in [0.1, 0.15) is 70.0 Å². The zero-order chi connectivity index (χ0) is 29.9. The minimum atomic E-state index is -1.02. The second-order valence-electron chi connectivity index (χ2n) is 10.4. The van der Waals surface area contributed by atoms with Crippen LogP contribution in [0.15, 0.2) is 91.0 Å². The van der Waals surface area contributed by atoms with Crippen LogP contribution >= 0.6 is 0 Å². The second-order valence-corrected chi connectivity index (χ2v) is 10.4. The number of unbranched alkanes of at least 4 members (excludes halogenated alkanes) is 2. The van der Waals surface area contributed by atoms with Crippen LogP contribution in [-0.4, -0.2) is 23.5 Å². The number of carboxylic acids is 1. The molecule has 0 fully saturated rings. The molecule has 0 saturated heterocycles. The van der Waals surface area contributed by atoms with Gasteiger partial charge in [-0.2, -0.15) is 0 Å². The molecule has 0 heterocycles. The van der Waals surface area contributed by atoms with E-state index in [1.54, 1.807) is 18.2 Å². The molecule has 4 aromatic carbocycles. The maximum atomic E-state index is 12.7. The largest absolute Gasteiger partial charge is 0.494 e. The fourth-order valence-corrected chi connectivity index (χ4v) is 4.88. The summed E-state index contributed by atoms with van der Waals surface area (Å²) >= 11 is 0. The molecule has 0 saturated carbocycles. The number of hydrogen-bond donors (Lipinski definition) is 3. The number of ketones is 1. The third-order valence-electron chi connectivity index (χ3n) is 7.18. The molecule has 6 heteroatoms. The predicted octanol–water partition coefficient (Wildman–Crippen LogP) is 7.86. The molecule has 0 spiro atoms. The van der Waals surface area contributed by atoms with Crippen molar-refractivity contribution in [2.75, 3.05) is 18.1 Å². The first-order chi connectivity index (χ1) is 20.3. The third kappa shape index (κ3) is 8.33. The van der Waals surface area contributed by atoms with Crippen molar-refractivity contribution in [2.24, 2.45) is 0 Å². The smallest absolute Gasteiger partial charge is 0.336 e. The van der Waals surface area contributed by atoms with E-state index in [4.69, 9.17) is 16.2 Å². The van der Waals surface area contributed by atoms with E-state index in [0.29, 0.717) is 35.5 Å². The first kappa shape index (κ1) is 30.1. The summed E-state index contributed by atoms with van der Waals surface area (Å²) in [5.41, 5.74) is 18.4. The Kier molecular flexibility index (Phi) is 10.5. The van der Waals surface area contributed by atoms with E-state index in [-0.39, 0.29) is 11.3 Å². The summed E-state index contributed by atoms with van der Waals surface area (Å²) < 4.78 is 5.85. The van der Waals surface area contributed by atoms with Gasteiger partial charge in [0.25, 0.3) is 0 Å². The minimum absolute atomic E-state index is 0.0450. The van der Waals surface area contributed by atoms with Gasteiger partial charge in [0, 0.05) is 16.9 Å². The lowest BCUT2D eigenvalue weighted by molar-refractivity contribution is 0.0695. The molecule has 0 aliphatic rings. The van der Waals surface area contributed by atoms with Gasteiger partial charge in [0.1, 0.15) is 5.75 Å². The molecule has 6 nitrogen and oxygen atoms in total. The van der Waals surface area contributed by atoms with Crippen LogP contribution in [0.25, 0.3) is 17.2 Å². The molecule has 216 valence electrons. The molecular formula is C36H38N2O4. The van der Waals surface area contributed by atoms with Crippen molar-refractivity contribution < 1.29 is 19.4 Å².